The van der Waals surface area contributed by atoms with Crippen LogP contribution in [0, 0.1) is 0 Å². The smallest absolute Gasteiger partial charge is 0.410 e. The number of hydrogen-bond acceptors (Lipinski definition) is 3. The number of carboxylic acids is 1. The number of allylic oxidation sites excluding steroid dienone is 1. The molecule has 0 saturated heterocycles. The Morgan fingerprint density at radius 1 is 1.03 bits per heavy atom. The number of unbranched alkanes of at least 4 members (excludes halogenated alkanes) is 3. The highest BCUT2D eigenvalue weighted by molar-refractivity contribution is 5.81. The van der Waals surface area contributed by atoms with E-state index in [0.29, 0.717) is 0 Å². The molecule has 1 aliphatic carbocycles. The van der Waals surface area contributed by atoms with Crippen molar-refractivity contribution in [1.82, 2.24) is 4.90 Å². The Labute approximate surface area is 184 Å². The SMILES string of the molecule is CCCCCC=CCN(C(=O)OCC1c2ccccc2-c2ccccc21)[C@H](C)C(=O)O. The molecule has 0 aliphatic heterocycles. The van der Waals surface area contributed by atoms with Crippen molar-refractivity contribution in [2.24, 2.45) is 0 Å². The number of fused-ring (bicyclic) bond motifs is 3. The van der Waals surface area contributed by atoms with E-state index in [2.05, 4.69) is 31.2 Å². The summed E-state index contributed by atoms with van der Waals surface area (Å²) in [6.45, 7) is 4.05. The van der Waals surface area contributed by atoms with E-state index in [1.54, 1.807) is 0 Å². The number of ether oxygens (including phenoxy) is 1. The number of nitrogens with zero attached hydrogens (tertiary/aromatic N) is 1. The van der Waals surface area contributed by atoms with E-state index in [9.17, 15) is 14.7 Å². The number of aliphatic carboxylic acids is 1. The van der Waals surface area contributed by atoms with E-state index in [0.717, 1.165) is 47.9 Å². The molecule has 164 valence electrons. The highest BCUT2D eigenvalue weighted by Gasteiger charge is 2.31. The first kappa shape index (κ1) is 22.6. The van der Waals surface area contributed by atoms with Gasteiger partial charge in [0.2, 0.25) is 0 Å². The van der Waals surface area contributed by atoms with Crippen LogP contribution < -0.4 is 0 Å². The Bertz CT molecular complexity index is 891. The Morgan fingerprint density at radius 3 is 2.23 bits per heavy atom. The third-order valence-electron chi connectivity index (χ3n) is 5.84. The molecule has 0 fully saturated rings. The molecular weight excluding hydrogens is 390 g/mol. The minimum Gasteiger partial charge on any atom is -0.480 e. The van der Waals surface area contributed by atoms with Crippen LogP contribution in [0.4, 0.5) is 4.79 Å². The lowest BCUT2D eigenvalue weighted by Crippen LogP contribution is -2.44. The molecule has 0 unspecified atom stereocenters. The van der Waals surface area contributed by atoms with Gasteiger partial charge in [-0.2, -0.15) is 0 Å². The zero-order valence-corrected chi connectivity index (χ0v) is 18.3. The molecule has 1 N–H and O–H groups in total. The first-order valence-corrected chi connectivity index (χ1v) is 11.0. The molecule has 5 heteroatoms. The zero-order valence-electron chi connectivity index (χ0n) is 18.3. The predicted molar refractivity (Wildman–Crippen MR) is 122 cm³/mol. The van der Waals surface area contributed by atoms with Crippen molar-refractivity contribution in [3.63, 3.8) is 0 Å². The Kier molecular flexibility index (Phi) is 7.88. The van der Waals surface area contributed by atoms with E-state index in [1.807, 2.05) is 36.4 Å². The van der Waals surface area contributed by atoms with Crippen molar-refractivity contribution in [1.29, 1.82) is 0 Å². The lowest BCUT2D eigenvalue weighted by atomic mass is 9.98. The summed E-state index contributed by atoms with van der Waals surface area (Å²) >= 11 is 0. The molecule has 0 aromatic heterocycles. The molecule has 5 nitrogen and oxygen atoms in total. The quantitative estimate of drug-likeness (QED) is 0.386. The minimum absolute atomic E-state index is 0.0529. The van der Waals surface area contributed by atoms with Crippen LogP contribution in [0.3, 0.4) is 0 Å². The maximum atomic E-state index is 12.8. The number of carbonyl (C=O) groups is 2. The number of hydrogen-bond donors (Lipinski definition) is 1. The summed E-state index contributed by atoms with van der Waals surface area (Å²) in [5, 5.41) is 9.44. The van der Waals surface area contributed by atoms with E-state index in [1.165, 1.54) is 11.8 Å². The van der Waals surface area contributed by atoms with Gasteiger partial charge >= 0.3 is 12.1 Å². The third kappa shape index (κ3) is 5.35. The summed E-state index contributed by atoms with van der Waals surface area (Å²) in [5.74, 6) is -1.10. The van der Waals surface area contributed by atoms with Crippen molar-refractivity contribution in [3.05, 3.63) is 71.8 Å². The highest BCUT2D eigenvalue weighted by Crippen LogP contribution is 2.44. The Morgan fingerprint density at radius 2 is 1.65 bits per heavy atom. The molecule has 0 spiro atoms. The fourth-order valence-corrected chi connectivity index (χ4v) is 4.02. The second-order valence-electron chi connectivity index (χ2n) is 7.94. The van der Waals surface area contributed by atoms with Gasteiger partial charge in [0, 0.05) is 12.5 Å². The van der Waals surface area contributed by atoms with Gasteiger partial charge in [-0.3, -0.25) is 4.90 Å². The first-order valence-electron chi connectivity index (χ1n) is 11.0. The maximum absolute atomic E-state index is 12.8. The van der Waals surface area contributed by atoms with E-state index in [4.69, 9.17) is 4.74 Å². The summed E-state index contributed by atoms with van der Waals surface area (Å²) in [6.07, 6.45) is 7.59. The van der Waals surface area contributed by atoms with Gasteiger partial charge in [0.1, 0.15) is 12.6 Å². The van der Waals surface area contributed by atoms with Gasteiger partial charge < -0.3 is 9.84 Å². The molecule has 1 amide bonds. The van der Waals surface area contributed by atoms with Crippen LogP contribution in [-0.4, -0.2) is 41.3 Å². The highest BCUT2D eigenvalue weighted by atomic mass is 16.6. The molecule has 1 atom stereocenters. The molecule has 2 aromatic carbocycles. The molecule has 0 bridgehead atoms. The van der Waals surface area contributed by atoms with Crippen LogP contribution in [0.15, 0.2) is 60.7 Å². The monoisotopic (exact) mass is 421 g/mol. The molecule has 2 aromatic rings. The number of amides is 1. The van der Waals surface area contributed by atoms with Crippen LogP contribution >= 0.6 is 0 Å². The number of benzene rings is 2. The summed E-state index contributed by atoms with van der Waals surface area (Å²) in [7, 11) is 0. The van der Waals surface area contributed by atoms with Crippen molar-refractivity contribution in [2.45, 2.75) is 51.5 Å². The normalized spacial score (nSPS) is 13.6. The topological polar surface area (TPSA) is 66.8 Å². The van der Waals surface area contributed by atoms with Gasteiger partial charge in [0.05, 0.1) is 0 Å². The standard InChI is InChI=1S/C26H31NO4/c1-3-4-5-6-7-12-17-27(19(2)25(28)29)26(30)31-18-24-22-15-10-8-13-20(22)21-14-9-11-16-23(21)24/h7-16,19,24H,3-6,17-18H2,1-2H3,(H,28,29)/t19-/m1/s1. The summed E-state index contributed by atoms with van der Waals surface area (Å²) in [6, 6.07) is 15.3. The summed E-state index contributed by atoms with van der Waals surface area (Å²) in [5.41, 5.74) is 4.57. The van der Waals surface area contributed by atoms with Gasteiger partial charge in [-0.25, -0.2) is 9.59 Å². The van der Waals surface area contributed by atoms with Crippen molar-refractivity contribution in [3.8, 4) is 11.1 Å². The van der Waals surface area contributed by atoms with E-state index >= 15 is 0 Å². The Balaban J connectivity index is 1.68. The molecule has 0 saturated carbocycles. The van der Waals surface area contributed by atoms with Crippen molar-refractivity contribution in [2.75, 3.05) is 13.2 Å². The number of rotatable bonds is 10. The Hall–Kier alpha value is -3.08. The molecule has 1 aliphatic rings. The number of carbonyl (C=O) groups excluding carboxylic acids is 1. The second-order valence-corrected chi connectivity index (χ2v) is 7.94. The largest absolute Gasteiger partial charge is 0.480 e. The minimum atomic E-state index is -1.05. The van der Waals surface area contributed by atoms with Crippen LogP contribution in [0.2, 0.25) is 0 Å². The van der Waals surface area contributed by atoms with E-state index < -0.39 is 18.1 Å². The fraction of sp³-hybridized carbons (Fsp3) is 0.385. The van der Waals surface area contributed by atoms with Gasteiger partial charge in [-0.1, -0.05) is 80.4 Å². The zero-order chi connectivity index (χ0) is 22.2. The lowest BCUT2D eigenvalue weighted by molar-refractivity contribution is -0.141. The number of carboxylic acid groups (broad SMARTS) is 1. The maximum Gasteiger partial charge on any atom is 0.410 e. The van der Waals surface area contributed by atoms with Crippen molar-refractivity contribution >= 4 is 12.1 Å². The molecular formula is C26H31NO4. The predicted octanol–water partition coefficient (Wildman–Crippen LogP) is 5.85. The van der Waals surface area contributed by atoms with Gasteiger partial charge in [-0.15, -0.1) is 0 Å². The molecule has 0 heterocycles. The average Bonchev–Trinajstić information content (AvgIpc) is 3.10. The van der Waals surface area contributed by atoms with Gasteiger partial charge in [0.15, 0.2) is 0 Å². The van der Waals surface area contributed by atoms with Crippen LogP contribution in [-0.2, 0) is 9.53 Å². The van der Waals surface area contributed by atoms with Crippen LogP contribution in [0.5, 0.6) is 0 Å². The first-order chi connectivity index (χ1) is 15.0. The summed E-state index contributed by atoms with van der Waals surface area (Å²) in [4.78, 5) is 25.6. The van der Waals surface area contributed by atoms with Crippen molar-refractivity contribution < 1.29 is 19.4 Å². The van der Waals surface area contributed by atoms with Gasteiger partial charge in [-0.05, 0) is 42.0 Å². The molecule has 3 rings (SSSR count). The van der Waals surface area contributed by atoms with Crippen LogP contribution in [0.25, 0.3) is 11.1 Å². The summed E-state index contributed by atoms with van der Waals surface area (Å²) < 4.78 is 5.66. The van der Waals surface area contributed by atoms with Crippen LogP contribution in [0.1, 0.15) is 56.6 Å². The average molecular weight is 422 g/mol. The molecule has 31 heavy (non-hydrogen) atoms. The molecule has 0 radical (unpaired) electrons. The van der Waals surface area contributed by atoms with E-state index in [-0.39, 0.29) is 19.1 Å². The lowest BCUT2D eigenvalue weighted by Gasteiger charge is -2.25. The third-order valence-corrected chi connectivity index (χ3v) is 5.84. The fourth-order valence-electron chi connectivity index (χ4n) is 4.02. The second kappa shape index (κ2) is 10.8. The van der Waals surface area contributed by atoms with Gasteiger partial charge in [0.25, 0.3) is 0 Å².